The molecule has 2 aromatic heterocycles. The number of rotatable bonds is 7. The minimum absolute atomic E-state index is 0.286. The van der Waals surface area contributed by atoms with E-state index in [2.05, 4.69) is 20.6 Å². The molecule has 0 fully saturated rings. The lowest BCUT2D eigenvalue weighted by atomic mass is 10.1. The summed E-state index contributed by atoms with van der Waals surface area (Å²) in [5, 5.41) is 15.1. The number of hydrogen-bond donors (Lipinski definition) is 1. The molecule has 1 amide bonds. The van der Waals surface area contributed by atoms with E-state index in [0.717, 1.165) is 0 Å². The molecule has 31 heavy (non-hydrogen) atoms. The summed E-state index contributed by atoms with van der Waals surface area (Å²) in [6.45, 7) is 0. The summed E-state index contributed by atoms with van der Waals surface area (Å²) < 4.78 is 17.7. The lowest BCUT2D eigenvalue weighted by molar-refractivity contribution is 0.102. The van der Waals surface area contributed by atoms with Crippen molar-refractivity contribution in [3.05, 3.63) is 78.6 Å². The molecule has 4 aromatic rings. The summed E-state index contributed by atoms with van der Waals surface area (Å²) in [6, 6.07) is 17.2. The highest BCUT2D eigenvalue weighted by Crippen LogP contribution is 2.25. The average Bonchev–Trinajstić information content (AvgIpc) is 3.35. The largest absolute Gasteiger partial charge is 0.497 e. The molecule has 1 N–H and O–H groups in total. The van der Waals surface area contributed by atoms with Gasteiger partial charge < -0.3 is 19.5 Å². The van der Waals surface area contributed by atoms with Gasteiger partial charge in [-0.3, -0.25) is 4.79 Å². The van der Waals surface area contributed by atoms with Crippen LogP contribution in [0.4, 0.5) is 5.69 Å². The van der Waals surface area contributed by atoms with Crippen LogP contribution in [0.2, 0.25) is 0 Å². The standard InChI is InChI=1S/C22H19N5O4/c1-29-18-12-15(13-19(14-18)30-2)22(28)24-16-4-6-17(7-5-16)31-21-9-8-20(25-26-21)27-11-3-10-23-27/h3-14H,1-2H3,(H,24,28). The topological polar surface area (TPSA) is 100 Å². The number of carbonyl (C=O) groups is 1. The maximum absolute atomic E-state index is 12.6. The zero-order valence-corrected chi connectivity index (χ0v) is 16.9. The average molecular weight is 417 g/mol. The van der Waals surface area contributed by atoms with Crippen LogP contribution in [-0.4, -0.2) is 40.1 Å². The third-order valence-electron chi connectivity index (χ3n) is 4.31. The van der Waals surface area contributed by atoms with E-state index in [1.807, 2.05) is 0 Å². The zero-order chi connectivity index (χ0) is 21.6. The van der Waals surface area contributed by atoms with Gasteiger partial charge in [0.25, 0.3) is 5.91 Å². The van der Waals surface area contributed by atoms with Gasteiger partial charge in [0, 0.05) is 35.8 Å². The molecule has 0 atom stereocenters. The summed E-state index contributed by atoms with van der Waals surface area (Å²) in [7, 11) is 3.06. The third-order valence-corrected chi connectivity index (χ3v) is 4.31. The highest BCUT2D eigenvalue weighted by Gasteiger charge is 2.11. The van der Waals surface area contributed by atoms with Crippen molar-refractivity contribution in [3.8, 4) is 28.9 Å². The fourth-order valence-electron chi connectivity index (χ4n) is 2.76. The lowest BCUT2D eigenvalue weighted by Crippen LogP contribution is -2.12. The van der Waals surface area contributed by atoms with Crippen molar-refractivity contribution >= 4 is 11.6 Å². The smallest absolute Gasteiger partial charge is 0.255 e. The molecule has 0 aliphatic heterocycles. The number of hydrogen-bond acceptors (Lipinski definition) is 7. The molecule has 0 aliphatic rings. The molecule has 0 saturated heterocycles. The third kappa shape index (κ3) is 4.78. The first-order chi connectivity index (χ1) is 15.1. The monoisotopic (exact) mass is 417 g/mol. The molecule has 156 valence electrons. The van der Waals surface area contributed by atoms with E-state index >= 15 is 0 Å². The Balaban J connectivity index is 1.41. The minimum Gasteiger partial charge on any atom is -0.497 e. The summed E-state index contributed by atoms with van der Waals surface area (Å²) in [6.07, 6.45) is 3.44. The van der Waals surface area contributed by atoms with Crippen LogP contribution >= 0.6 is 0 Å². The van der Waals surface area contributed by atoms with Crippen LogP contribution in [0.3, 0.4) is 0 Å². The van der Waals surface area contributed by atoms with Crippen LogP contribution in [0.25, 0.3) is 5.82 Å². The molecule has 0 bridgehead atoms. The molecule has 2 aromatic carbocycles. The fourth-order valence-corrected chi connectivity index (χ4v) is 2.76. The Morgan fingerprint density at radius 3 is 2.23 bits per heavy atom. The van der Waals surface area contributed by atoms with E-state index in [1.54, 1.807) is 77.7 Å². The second-order valence-corrected chi connectivity index (χ2v) is 6.36. The van der Waals surface area contributed by atoms with Gasteiger partial charge in [0.15, 0.2) is 5.82 Å². The molecule has 0 saturated carbocycles. The molecule has 0 aliphatic carbocycles. The summed E-state index contributed by atoms with van der Waals surface area (Å²) in [5.41, 5.74) is 1.03. The molecule has 2 heterocycles. The fraction of sp³-hybridized carbons (Fsp3) is 0.0909. The number of methoxy groups -OCH3 is 2. The van der Waals surface area contributed by atoms with E-state index in [0.29, 0.717) is 40.2 Å². The Morgan fingerprint density at radius 1 is 0.903 bits per heavy atom. The molecule has 4 rings (SSSR count). The molecular formula is C22H19N5O4. The van der Waals surface area contributed by atoms with Crippen LogP contribution in [0.5, 0.6) is 23.1 Å². The number of anilines is 1. The molecule has 9 heteroatoms. The van der Waals surface area contributed by atoms with Gasteiger partial charge in [0.1, 0.15) is 17.2 Å². The van der Waals surface area contributed by atoms with Gasteiger partial charge in [0.05, 0.1) is 14.2 Å². The lowest BCUT2D eigenvalue weighted by Gasteiger charge is -2.10. The van der Waals surface area contributed by atoms with Crippen LogP contribution in [0.1, 0.15) is 10.4 Å². The van der Waals surface area contributed by atoms with Gasteiger partial charge >= 0.3 is 0 Å². The van der Waals surface area contributed by atoms with Crippen molar-refractivity contribution in [1.82, 2.24) is 20.0 Å². The van der Waals surface area contributed by atoms with Gasteiger partial charge in [-0.05, 0) is 48.5 Å². The maximum Gasteiger partial charge on any atom is 0.255 e. The predicted octanol–water partition coefficient (Wildman–Crippen LogP) is 3.72. The van der Waals surface area contributed by atoms with E-state index in [4.69, 9.17) is 14.2 Å². The molecule has 0 spiro atoms. The second-order valence-electron chi connectivity index (χ2n) is 6.36. The number of carbonyl (C=O) groups excluding carboxylic acids is 1. The number of amides is 1. The van der Waals surface area contributed by atoms with Gasteiger partial charge in [-0.15, -0.1) is 10.2 Å². The second kappa shape index (κ2) is 8.95. The molecule has 0 unspecified atom stereocenters. The van der Waals surface area contributed by atoms with Crippen molar-refractivity contribution in [3.63, 3.8) is 0 Å². The number of aromatic nitrogens is 4. The quantitative estimate of drug-likeness (QED) is 0.489. The number of nitrogens with zero attached hydrogens (tertiary/aromatic N) is 4. The summed E-state index contributed by atoms with van der Waals surface area (Å²) in [5.74, 6) is 2.27. The Hall–Kier alpha value is -4.40. The molecule has 9 nitrogen and oxygen atoms in total. The van der Waals surface area contributed by atoms with Crippen LogP contribution in [0, 0.1) is 0 Å². The van der Waals surface area contributed by atoms with E-state index < -0.39 is 0 Å². The van der Waals surface area contributed by atoms with Gasteiger partial charge in [-0.1, -0.05) is 0 Å². The van der Waals surface area contributed by atoms with Crippen molar-refractivity contribution in [2.45, 2.75) is 0 Å². The van der Waals surface area contributed by atoms with Gasteiger partial charge in [-0.25, -0.2) is 4.68 Å². The normalized spacial score (nSPS) is 10.4. The first kappa shape index (κ1) is 19.9. The van der Waals surface area contributed by atoms with E-state index in [1.165, 1.54) is 14.2 Å². The highest BCUT2D eigenvalue weighted by molar-refractivity contribution is 6.04. The predicted molar refractivity (Wildman–Crippen MR) is 113 cm³/mol. The Kier molecular flexibility index (Phi) is 5.75. The number of ether oxygens (including phenoxy) is 3. The van der Waals surface area contributed by atoms with Crippen LogP contribution in [-0.2, 0) is 0 Å². The molecular weight excluding hydrogens is 398 g/mol. The number of benzene rings is 2. The van der Waals surface area contributed by atoms with Crippen molar-refractivity contribution < 1.29 is 19.0 Å². The van der Waals surface area contributed by atoms with E-state index in [9.17, 15) is 4.79 Å². The Labute approximate surface area is 178 Å². The van der Waals surface area contributed by atoms with Gasteiger partial charge in [-0.2, -0.15) is 5.10 Å². The van der Waals surface area contributed by atoms with Crippen LogP contribution < -0.4 is 19.5 Å². The van der Waals surface area contributed by atoms with E-state index in [-0.39, 0.29) is 5.91 Å². The van der Waals surface area contributed by atoms with Crippen molar-refractivity contribution in [1.29, 1.82) is 0 Å². The minimum atomic E-state index is -0.286. The van der Waals surface area contributed by atoms with Crippen molar-refractivity contribution in [2.75, 3.05) is 19.5 Å². The van der Waals surface area contributed by atoms with Gasteiger partial charge in [0.2, 0.25) is 5.88 Å². The summed E-state index contributed by atoms with van der Waals surface area (Å²) >= 11 is 0. The Bertz CT molecular complexity index is 1140. The summed E-state index contributed by atoms with van der Waals surface area (Å²) in [4.78, 5) is 12.6. The Morgan fingerprint density at radius 2 is 1.65 bits per heavy atom. The maximum atomic E-state index is 12.6. The highest BCUT2D eigenvalue weighted by atomic mass is 16.5. The number of nitrogens with one attached hydrogen (secondary N) is 1. The first-order valence-corrected chi connectivity index (χ1v) is 9.31. The van der Waals surface area contributed by atoms with Crippen molar-refractivity contribution in [2.24, 2.45) is 0 Å². The van der Waals surface area contributed by atoms with Crippen LogP contribution in [0.15, 0.2) is 73.1 Å². The first-order valence-electron chi connectivity index (χ1n) is 9.31. The zero-order valence-electron chi connectivity index (χ0n) is 16.9. The SMILES string of the molecule is COc1cc(OC)cc(C(=O)Nc2ccc(Oc3ccc(-n4cccn4)nn3)cc2)c1. The molecule has 0 radical (unpaired) electrons.